The second-order valence-electron chi connectivity index (χ2n) is 4.31. The summed E-state index contributed by atoms with van der Waals surface area (Å²) >= 11 is 0. The number of carbonyl (C=O) groups excluding carboxylic acids is 1. The van der Waals surface area contributed by atoms with E-state index in [2.05, 4.69) is 20.1 Å². The van der Waals surface area contributed by atoms with Gasteiger partial charge in [0.2, 0.25) is 11.8 Å². The van der Waals surface area contributed by atoms with E-state index >= 15 is 0 Å². The summed E-state index contributed by atoms with van der Waals surface area (Å²) in [5, 5.41) is 3.69. The predicted molar refractivity (Wildman–Crippen MR) is 70.6 cm³/mol. The van der Waals surface area contributed by atoms with Crippen LogP contribution in [0.25, 0.3) is 0 Å². The van der Waals surface area contributed by atoms with Crippen LogP contribution in [0.5, 0.6) is 0 Å². The maximum Gasteiger partial charge on any atom is 0.273 e. The predicted octanol–water partition coefficient (Wildman–Crippen LogP) is 0.721. The zero-order valence-corrected chi connectivity index (χ0v) is 11.6. The van der Waals surface area contributed by atoms with E-state index in [0.717, 1.165) is 0 Å². The molecule has 2 N–H and O–H groups in total. The van der Waals surface area contributed by atoms with Gasteiger partial charge in [-0.05, 0) is 26.8 Å². The zero-order chi connectivity index (χ0) is 14.7. The zero-order valence-electron chi connectivity index (χ0n) is 11.6. The molecule has 0 aliphatic heterocycles. The molecule has 20 heavy (non-hydrogen) atoms. The summed E-state index contributed by atoms with van der Waals surface area (Å²) in [7, 11) is 0. The summed E-state index contributed by atoms with van der Waals surface area (Å²) in [4.78, 5) is 25.9. The Hall–Kier alpha value is -2.51. The van der Waals surface area contributed by atoms with Gasteiger partial charge in [0.25, 0.3) is 5.91 Å². The lowest BCUT2D eigenvalue weighted by Gasteiger charge is -2.18. The van der Waals surface area contributed by atoms with Crippen LogP contribution in [0.3, 0.4) is 0 Å². The van der Waals surface area contributed by atoms with Crippen molar-refractivity contribution in [3.8, 4) is 0 Å². The standard InChI is InChI=1S/C12H16N6O2/c1-4-18(6-10-15-8(3)17-20-10)11(19)9-5-7(2)14-12(13)16-9/h5H,4,6H2,1-3H3,(H2,13,14,16). The van der Waals surface area contributed by atoms with Gasteiger partial charge in [0.1, 0.15) is 12.2 Å². The Morgan fingerprint density at radius 2 is 2.10 bits per heavy atom. The molecule has 2 heterocycles. The molecule has 0 bridgehead atoms. The van der Waals surface area contributed by atoms with Crippen molar-refractivity contribution < 1.29 is 9.32 Å². The quantitative estimate of drug-likeness (QED) is 0.875. The molecule has 0 fully saturated rings. The first-order valence-corrected chi connectivity index (χ1v) is 6.19. The first kappa shape index (κ1) is 13.9. The lowest BCUT2D eigenvalue weighted by Crippen LogP contribution is -2.31. The largest absolute Gasteiger partial charge is 0.368 e. The second kappa shape index (κ2) is 5.64. The van der Waals surface area contributed by atoms with E-state index in [4.69, 9.17) is 10.3 Å². The van der Waals surface area contributed by atoms with Crippen molar-refractivity contribution in [1.29, 1.82) is 0 Å². The van der Waals surface area contributed by atoms with Crippen LogP contribution in [-0.2, 0) is 6.54 Å². The number of hydrogen-bond acceptors (Lipinski definition) is 7. The molecule has 2 rings (SSSR count). The van der Waals surface area contributed by atoms with Crippen LogP contribution < -0.4 is 5.73 Å². The van der Waals surface area contributed by atoms with Crippen LogP contribution in [0.1, 0.15) is 34.8 Å². The maximum absolute atomic E-state index is 12.4. The number of nitrogen functional groups attached to an aromatic ring is 1. The molecular formula is C12H16N6O2. The number of aryl methyl sites for hydroxylation is 2. The van der Waals surface area contributed by atoms with Gasteiger partial charge in [-0.1, -0.05) is 5.16 Å². The number of carbonyl (C=O) groups is 1. The highest BCUT2D eigenvalue weighted by molar-refractivity contribution is 5.92. The van der Waals surface area contributed by atoms with Crippen molar-refractivity contribution in [3.05, 3.63) is 29.2 Å². The van der Waals surface area contributed by atoms with Crippen molar-refractivity contribution in [2.75, 3.05) is 12.3 Å². The molecule has 0 spiro atoms. The molecule has 1 amide bonds. The summed E-state index contributed by atoms with van der Waals surface area (Å²) in [6, 6.07) is 1.60. The Morgan fingerprint density at radius 3 is 2.65 bits per heavy atom. The monoisotopic (exact) mass is 276 g/mol. The minimum Gasteiger partial charge on any atom is -0.368 e. The highest BCUT2D eigenvalue weighted by Gasteiger charge is 2.19. The Kier molecular flexibility index (Phi) is 3.92. The van der Waals surface area contributed by atoms with Crippen molar-refractivity contribution in [3.63, 3.8) is 0 Å². The fourth-order valence-corrected chi connectivity index (χ4v) is 1.76. The fraction of sp³-hybridized carbons (Fsp3) is 0.417. The molecule has 0 radical (unpaired) electrons. The van der Waals surface area contributed by atoms with E-state index in [1.165, 1.54) is 0 Å². The van der Waals surface area contributed by atoms with Gasteiger partial charge in [0.15, 0.2) is 5.82 Å². The Morgan fingerprint density at radius 1 is 1.35 bits per heavy atom. The molecule has 2 aromatic rings. The van der Waals surface area contributed by atoms with Crippen LogP contribution in [0.2, 0.25) is 0 Å². The number of anilines is 1. The molecule has 0 aliphatic rings. The van der Waals surface area contributed by atoms with Crippen LogP contribution in [-0.4, -0.2) is 37.5 Å². The normalized spacial score (nSPS) is 10.6. The van der Waals surface area contributed by atoms with Crippen molar-refractivity contribution in [1.82, 2.24) is 25.0 Å². The highest BCUT2D eigenvalue weighted by Crippen LogP contribution is 2.09. The molecule has 2 aromatic heterocycles. The molecule has 8 nitrogen and oxygen atoms in total. The lowest BCUT2D eigenvalue weighted by molar-refractivity contribution is 0.0728. The minimum atomic E-state index is -0.249. The summed E-state index contributed by atoms with van der Waals surface area (Å²) in [5.41, 5.74) is 6.46. The Balaban J connectivity index is 2.20. The number of rotatable bonds is 4. The van der Waals surface area contributed by atoms with Crippen LogP contribution in [0.15, 0.2) is 10.6 Å². The van der Waals surface area contributed by atoms with Gasteiger partial charge in [-0.25, -0.2) is 9.97 Å². The molecule has 0 aromatic carbocycles. The average molecular weight is 276 g/mol. The molecule has 0 saturated carbocycles. The maximum atomic E-state index is 12.4. The topological polar surface area (TPSA) is 111 Å². The van der Waals surface area contributed by atoms with Crippen LogP contribution in [0.4, 0.5) is 5.95 Å². The Bertz CT molecular complexity index is 604. The van der Waals surface area contributed by atoms with Gasteiger partial charge in [-0.3, -0.25) is 4.79 Å². The second-order valence-corrected chi connectivity index (χ2v) is 4.31. The third-order valence-corrected chi connectivity index (χ3v) is 2.66. The number of aromatic nitrogens is 4. The first-order valence-electron chi connectivity index (χ1n) is 6.19. The molecule has 8 heteroatoms. The number of hydrogen-bond donors (Lipinski definition) is 1. The number of nitrogens with zero attached hydrogens (tertiary/aromatic N) is 5. The molecule has 106 valence electrons. The summed E-state index contributed by atoms with van der Waals surface area (Å²) in [5.74, 6) is 0.751. The van der Waals surface area contributed by atoms with Gasteiger partial charge >= 0.3 is 0 Å². The number of nitrogens with two attached hydrogens (primary N) is 1. The van der Waals surface area contributed by atoms with Crippen LogP contribution in [0, 0.1) is 13.8 Å². The van der Waals surface area contributed by atoms with Crippen LogP contribution >= 0.6 is 0 Å². The van der Waals surface area contributed by atoms with E-state index < -0.39 is 0 Å². The smallest absolute Gasteiger partial charge is 0.273 e. The molecular weight excluding hydrogens is 260 g/mol. The molecule has 0 atom stereocenters. The van der Waals surface area contributed by atoms with E-state index in [1.807, 2.05) is 6.92 Å². The van der Waals surface area contributed by atoms with E-state index in [0.29, 0.717) is 24.0 Å². The van der Waals surface area contributed by atoms with E-state index in [-0.39, 0.29) is 24.1 Å². The van der Waals surface area contributed by atoms with Crippen molar-refractivity contribution in [2.45, 2.75) is 27.3 Å². The SMILES string of the molecule is CCN(Cc1nc(C)no1)C(=O)c1cc(C)nc(N)n1. The fourth-order valence-electron chi connectivity index (χ4n) is 1.76. The highest BCUT2D eigenvalue weighted by atomic mass is 16.5. The third-order valence-electron chi connectivity index (χ3n) is 2.66. The molecule has 0 saturated heterocycles. The average Bonchev–Trinajstić information content (AvgIpc) is 2.79. The van der Waals surface area contributed by atoms with Gasteiger partial charge < -0.3 is 15.2 Å². The third kappa shape index (κ3) is 3.08. The summed E-state index contributed by atoms with van der Waals surface area (Å²) < 4.78 is 5.02. The summed E-state index contributed by atoms with van der Waals surface area (Å²) in [6.07, 6.45) is 0. The van der Waals surface area contributed by atoms with Gasteiger partial charge in [-0.2, -0.15) is 4.98 Å². The molecule has 0 aliphatic carbocycles. The van der Waals surface area contributed by atoms with Gasteiger partial charge in [0.05, 0.1) is 0 Å². The van der Waals surface area contributed by atoms with E-state index in [9.17, 15) is 4.79 Å². The van der Waals surface area contributed by atoms with E-state index in [1.54, 1.807) is 24.8 Å². The number of amides is 1. The Labute approximate surface area is 116 Å². The lowest BCUT2D eigenvalue weighted by atomic mass is 10.3. The van der Waals surface area contributed by atoms with Gasteiger partial charge in [-0.15, -0.1) is 0 Å². The first-order chi connectivity index (χ1) is 9.49. The van der Waals surface area contributed by atoms with Gasteiger partial charge in [0, 0.05) is 12.2 Å². The summed E-state index contributed by atoms with van der Waals surface area (Å²) in [6.45, 7) is 6.06. The van der Waals surface area contributed by atoms with Crippen molar-refractivity contribution in [2.24, 2.45) is 0 Å². The molecule has 0 unspecified atom stereocenters. The van der Waals surface area contributed by atoms with Crippen molar-refractivity contribution >= 4 is 11.9 Å². The minimum absolute atomic E-state index is 0.0815.